The summed E-state index contributed by atoms with van der Waals surface area (Å²) < 4.78 is 5.29. The highest BCUT2D eigenvalue weighted by Crippen LogP contribution is 2.18. The minimum Gasteiger partial charge on any atom is -0.496 e. The predicted molar refractivity (Wildman–Crippen MR) is 86.1 cm³/mol. The van der Waals surface area contributed by atoms with Crippen molar-refractivity contribution in [1.82, 2.24) is 15.5 Å². The number of methoxy groups -OCH3 is 1. The smallest absolute Gasteiger partial charge is 0.220 e. The molecule has 0 aliphatic carbocycles. The number of hydrogen-bond acceptors (Lipinski definition) is 3. The molecule has 22 heavy (non-hydrogen) atoms. The zero-order chi connectivity index (χ0) is 15.9. The lowest BCUT2D eigenvalue weighted by Crippen LogP contribution is -2.26. The van der Waals surface area contributed by atoms with Gasteiger partial charge in [0.1, 0.15) is 5.75 Å². The molecule has 0 bridgehead atoms. The summed E-state index contributed by atoms with van der Waals surface area (Å²) in [7, 11) is 1.65. The molecule has 2 aromatic rings. The fourth-order valence-electron chi connectivity index (χ4n) is 2.52. The number of carbonyl (C=O) groups is 1. The van der Waals surface area contributed by atoms with Gasteiger partial charge in [-0.25, -0.2) is 0 Å². The van der Waals surface area contributed by atoms with Gasteiger partial charge in [0.25, 0.3) is 0 Å². The average molecular weight is 301 g/mol. The lowest BCUT2D eigenvalue weighted by molar-refractivity contribution is -0.121. The number of hydrogen-bond donors (Lipinski definition) is 2. The molecule has 0 atom stereocenters. The second-order valence-electron chi connectivity index (χ2n) is 5.32. The zero-order valence-corrected chi connectivity index (χ0v) is 13.4. The molecule has 1 aromatic carbocycles. The summed E-state index contributed by atoms with van der Waals surface area (Å²) in [6, 6.07) is 7.79. The molecule has 0 saturated heterocycles. The molecule has 5 nitrogen and oxygen atoms in total. The Morgan fingerprint density at radius 1 is 1.27 bits per heavy atom. The van der Waals surface area contributed by atoms with E-state index >= 15 is 0 Å². The van der Waals surface area contributed by atoms with Crippen molar-refractivity contribution in [3.05, 3.63) is 46.8 Å². The maximum atomic E-state index is 11.9. The normalized spacial score (nSPS) is 10.5. The molecule has 0 aliphatic rings. The zero-order valence-electron chi connectivity index (χ0n) is 13.4. The van der Waals surface area contributed by atoms with Crippen LogP contribution in [-0.4, -0.2) is 29.8 Å². The Balaban J connectivity index is 1.77. The fraction of sp³-hybridized carbons (Fsp3) is 0.412. The van der Waals surface area contributed by atoms with Crippen molar-refractivity contribution in [2.24, 2.45) is 0 Å². The topological polar surface area (TPSA) is 67.0 Å². The molecule has 0 radical (unpaired) electrons. The number of para-hydroxylation sites is 1. The summed E-state index contributed by atoms with van der Waals surface area (Å²) >= 11 is 0. The van der Waals surface area contributed by atoms with Crippen LogP contribution in [-0.2, 0) is 17.6 Å². The third-order valence-electron chi connectivity index (χ3n) is 3.79. The Bertz CT molecular complexity index is 615. The Morgan fingerprint density at radius 3 is 2.73 bits per heavy atom. The predicted octanol–water partition coefficient (Wildman–Crippen LogP) is 2.33. The molecule has 1 aromatic heterocycles. The van der Waals surface area contributed by atoms with E-state index in [2.05, 4.69) is 15.5 Å². The Morgan fingerprint density at radius 2 is 2.05 bits per heavy atom. The van der Waals surface area contributed by atoms with Crippen LogP contribution in [0.4, 0.5) is 0 Å². The average Bonchev–Trinajstić information content (AvgIpc) is 2.85. The van der Waals surface area contributed by atoms with Gasteiger partial charge in [0.2, 0.25) is 5.91 Å². The van der Waals surface area contributed by atoms with Crippen LogP contribution in [0.25, 0.3) is 0 Å². The van der Waals surface area contributed by atoms with Gasteiger partial charge in [-0.05, 0) is 43.9 Å². The second-order valence-corrected chi connectivity index (χ2v) is 5.32. The monoisotopic (exact) mass is 301 g/mol. The summed E-state index contributed by atoms with van der Waals surface area (Å²) in [4.78, 5) is 11.9. The number of amides is 1. The van der Waals surface area contributed by atoms with Gasteiger partial charge < -0.3 is 10.1 Å². The van der Waals surface area contributed by atoms with E-state index in [1.807, 2.05) is 38.1 Å². The van der Waals surface area contributed by atoms with Crippen LogP contribution in [0.1, 0.15) is 28.9 Å². The number of aromatic nitrogens is 2. The van der Waals surface area contributed by atoms with Gasteiger partial charge in [-0.1, -0.05) is 18.2 Å². The largest absolute Gasteiger partial charge is 0.496 e. The summed E-state index contributed by atoms with van der Waals surface area (Å²) in [5, 5.41) is 10.1. The van der Waals surface area contributed by atoms with E-state index < -0.39 is 0 Å². The lowest BCUT2D eigenvalue weighted by atomic mass is 10.1. The van der Waals surface area contributed by atoms with Crippen LogP contribution in [0.3, 0.4) is 0 Å². The van der Waals surface area contributed by atoms with E-state index in [1.54, 1.807) is 7.11 Å². The standard InChI is InChI=1S/C17H23N3O2/c1-12-15(13(2)20-19-12)10-11-18-17(21)9-8-14-6-4-5-7-16(14)22-3/h4-7H,8-11H2,1-3H3,(H,18,21)(H,19,20). The number of nitrogens with one attached hydrogen (secondary N) is 2. The number of nitrogens with zero attached hydrogens (tertiary/aromatic N) is 1. The first kappa shape index (κ1) is 16.1. The Labute approximate surface area is 131 Å². The van der Waals surface area contributed by atoms with Gasteiger partial charge in [0.15, 0.2) is 0 Å². The van der Waals surface area contributed by atoms with E-state index in [9.17, 15) is 4.79 Å². The van der Waals surface area contributed by atoms with Gasteiger partial charge >= 0.3 is 0 Å². The first-order valence-corrected chi connectivity index (χ1v) is 7.51. The highest BCUT2D eigenvalue weighted by atomic mass is 16.5. The minimum atomic E-state index is 0.0599. The summed E-state index contributed by atoms with van der Waals surface area (Å²) in [5.74, 6) is 0.893. The van der Waals surface area contributed by atoms with Gasteiger partial charge in [0, 0.05) is 18.7 Å². The molecule has 1 amide bonds. The van der Waals surface area contributed by atoms with Gasteiger partial charge in [0.05, 0.1) is 12.8 Å². The van der Waals surface area contributed by atoms with Crippen LogP contribution < -0.4 is 10.1 Å². The molecule has 2 N–H and O–H groups in total. The maximum Gasteiger partial charge on any atom is 0.220 e. The van der Waals surface area contributed by atoms with Crippen LogP contribution in [0.5, 0.6) is 5.75 Å². The van der Waals surface area contributed by atoms with Crippen LogP contribution in [0.15, 0.2) is 24.3 Å². The molecular formula is C17H23N3O2. The van der Waals surface area contributed by atoms with Crippen LogP contribution in [0.2, 0.25) is 0 Å². The fourth-order valence-corrected chi connectivity index (χ4v) is 2.52. The van der Waals surface area contributed by atoms with Gasteiger partial charge in [-0.15, -0.1) is 0 Å². The van der Waals surface area contributed by atoms with E-state index in [0.29, 0.717) is 19.4 Å². The van der Waals surface area contributed by atoms with Crippen molar-refractivity contribution in [2.75, 3.05) is 13.7 Å². The SMILES string of the molecule is COc1ccccc1CCC(=O)NCCc1c(C)n[nH]c1C. The van der Waals surface area contributed by atoms with E-state index in [0.717, 1.165) is 29.1 Å². The van der Waals surface area contributed by atoms with Crippen LogP contribution in [0, 0.1) is 13.8 Å². The molecule has 0 fully saturated rings. The number of H-pyrrole nitrogens is 1. The first-order valence-electron chi connectivity index (χ1n) is 7.51. The number of benzene rings is 1. The van der Waals surface area contributed by atoms with E-state index in [1.165, 1.54) is 5.56 Å². The molecule has 5 heteroatoms. The van der Waals surface area contributed by atoms with Crippen molar-refractivity contribution in [3.8, 4) is 5.75 Å². The molecule has 118 valence electrons. The number of aryl methyl sites for hydroxylation is 3. The van der Waals surface area contributed by atoms with E-state index in [4.69, 9.17) is 4.74 Å². The van der Waals surface area contributed by atoms with Crippen molar-refractivity contribution < 1.29 is 9.53 Å². The third-order valence-corrected chi connectivity index (χ3v) is 3.79. The van der Waals surface area contributed by atoms with Crippen molar-refractivity contribution in [2.45, 2.75) is 33.1 Å². The van der Waals surface area contributed by atoms with Crippen molar-refractivity contribution in [3.63, 3.8) is 0 Å². The highest BCUT2D eigenvalue weighted by molar-refractivity contribution is 5.76. The quantitative estimate of drug-likeness (QED) is 0.825. The summed E-state index contributed by atoms with van der Waals surface area (Å²) in [6.45, 7) is 4.60. The van der Waals surface area contributed by atoms with Crippen molar-refractivity contribution in [1.29, 1.82) is 0 Å². The number of carbonyl (C=O) groups excluding carboxylic acids is 1. The second kappa shape index (κ2) is 7.64. The van der Waals surface area contributed by atoms with Crippen LogP contribution >= 0.6 is 0 Å². The van der Waals surface area contributed by atoms with Gasteiger partial charge in [-0.2, -0.15) is 5.10 Å². The Hall–Kier alpha value is -2.30. The lowest BCUT2D eigenvalue weighted by Gasteiger charge is -2.08. The molecular weight excluding hydrogens is 278 g/mol. The summed E-state index contributed by atoms with van der Waals surface area (Å²) in [5.41, 5.74) is 4.31. The first-order chi connectivity index (χ1) is 10.6. The maximum absolute atomic E-state index is 11.9. The van der Waals surface area contributed by atoms with Gasteiger partial charge in [-0.3, -0.25) is 9.89 Å². The summed E-state index contributed by atoms with van der Waals surface area (Å²) in [6.07, 6.45) is 1.94. The number of rotatable bonds is 7. The molecule has 0 unspecified atom stereocenters. The van der Waals surface area contributed by atoms with Crippen molar-refractivity contribution >= 4 is 5.91 Å². The molecule has 0 aliphatic heterocycles. The molecule has 2 rings (SSSR count). The number of ether oxygens (including phenoxy) is 1. The molecule has 0 spiro atoms. The molecule has 1 heterocycles. The minimum absolute atomic E-state index is 0.0599. The highest BCUT2D eigenvalue weighted by Gasteiger charge is 2.08. The third kappa shape index (κ3) is 4.10. The van der Waals surface area contributed by atoms with E-state index in [-0.39, 0.29) is 5.91 Å². The molecule has 0 saturated carbocycles. The number of aromatic amines is 1. The Kier molecular flexibility index (Phi) is 5.58.